The number of hydrogen-bond acceptors (Lipinski definition) is 2. The molecule has 0 bridgehead atoms. The molecule has 0 amide bonds. The van der Waals surface area contributed by atoms with Gasteiger partial charge in [0.25, 0.3) is 0 Å². The van der Waals surface area contributed by atoms with Crippen LogP contribution in [0.1, 0.15) is 43.9 Å². The third-order valence-corrected chi connectivity index (χ3v) is 5.18. The fraction of sp³-hybridized carbons (Fsp3) is 0.692. The molecular weight excluding hydrogens is 282 g/mol. The predicted molar refractivity (Wildman–Crippen MR) is 74.9 cm³/mol. The largest absolute Gasteiger partial charge is 0.309 e. The highest BCUT2D eigenvalue weighted by Crippen LogP contribution is 2.27. The molecule has 1 heterocycles. The summed E-state index contributed by atoms with van der Waals surface area (Å²) in [6.45, 7) is 3.36. The Balaban J connectivity index is 1.77. The molecule has 2 rings (SSSR count). The SMILES string of the molecule is CCC1CCCC(NCc2ccc(Br)s2)C1. The van der Waals surface area contributed by atoms with Crippen molar-refractivity contribution in [2.45, 2.75) is 51.6 Å². The summed E-state index contributed by atoms with van der Waals surface area (Å²) in [6, 6.07) is 5.10. The standard InChI is InChI=1S/C13H20BrNS/c1-2-10-4-3-5-11(8-10)15-9-12-6-7-13(14)16-12/h6-7,10-11,15H,2-5,8-9H2,1H3. The van der Waals surface area contributed by atoms with E-state index in [-0.39, 0.29) is 0 Å². The molecule has 0 spiro atoms. The van der Waals surface area contributed by atoms with Crippen LogP contribution < -0.4 is 5.32 Å². The van der Waals surface area contributed by atoms with Gasteiger partial charge in [-0.15, -0.1) is 11.3 Å². The number of halogens is 1. The molecule has 2 unspecified atom stereocenters. The third kappa shape index (κ3) is 3.57. The van der Waals surface area contributed by atoms with Crippen LogP contribution >= 0.6 is 27.3 Å². The minimum absolute atomic E-state index is 0.750. The highest BCUT2D eigenvalue weighted by Gasteiger charge is 2.20. The van der Waals surface area contributed by atoms with Gasteiger partial charge in [-0.3, -0.25) is 0 Å². The molecule has 0 saturated heterocycles. The summed E-state index contributed by atoms with van der Waals surface area (Å²) < 4.78 is 1.24. The van der Waals surface area contributed by atoms with Crippen molar-refractivity contribution in [1.82, 2.24) is 5.32 Å². The van der Waals surface area contributed by atoms with Crippen LogP contribution in [-0.2, 0) is 6.54 Å². The maximum Gasteiger partial charge on any atom is 0.0701 e. The van der Waals surface area contributed by atoms with Crippen LogP contribution in [0.5, 0.6) is 0 Å². The normalized spacial score (nSPS) is 25.9. The van der Waals surface area contributed by atoms with Gasteiger partial charge in [0.2, 0.25) is 0 Å². The Morgan fingerprint density at radius 3 is 3.00 bits per heavy atom. The molecule has 0 radical (unpaired) electrons. The first kappa shape index (κ1) is 12.6. The predicted octanol–water partition coefficient (Wildman–Crippen LogP) is 4.57. The minimum atomic E-state index is 0.750. The van der Waals surface area contributed by atoms with Crippen molar-refractivity contribution in [1.29, 1.82) is 0 Å². The zero-order valence-corrected chi connectivity index (χ0v) is 12.2. The van der Waals surface area contributed by atoms with Crippen molar-refractivity contribution >= 4 is 27.3 Å². The Morgan fingerprint density at radius 2 is 2.31 bits per heavy atom. The molecule has 90 valence electrons. The van der Waals surface area contributed by atoms with Gasteiger partial charge in [0, 0.05) is 17.5 Å². The van der Waals surface area contributed by atoms with Gasteiger partial charge in [0.15, 0.2) is 0 Å². The molecule has 1 aliphatic rings. The molecule has 2 atom stereocenters. The van der Waals surface area contributed by atoms with Gasteiger partial charge in [-0.2, -0.15) is 0 Å². The molecule has 1 saturated carbocycles. The Labute approximate surface area is 111 Å². The van der Waals surface area contributed by atoms with Crippen LogP contribution in [0, 0.1) is 5.92 Å². The fourth-order valence-electron chi connectivity index (χ4n) is 2.54. The van der Waals surface area contributed by atoms with Crippen LogP contribution in [0.4, 0.5) is 0 Å². The van der Waals surface area contributed by atoms with E-state index in [9.17, 15) is 0 Å². The number of nitrogens with one attached hydrogen (secondary N) is 1. The van der Waals surface area contributed by atoms with Crippen molar-refractivity contribution in [3.63, 3.8) is 0 Å². The molecule has 1 aliphatic carbocycles. The maximum atomic E-state index is 3.71. The van der Waals surface area contributed by atoms with Crippen molar-refractivity contribution in [2.24, 2.45) is 5.92 Å². The van der Waals surface area contributed by atoms with Crippen molar-refractivity contribution in [3.05, 3.63) is 20.8 Å². The van der Waals surface area contributed by atoms with Gasteiger partial charge in [-0.05, 0) is 46.8 Å². The molecule has 3 heteroatoms. The molecule has 1 aromatic rings. The second kappa shape index (κ2) is 6.18. The summed E-state index contributed by atoms with van der Waals surface area (Å²) >= 11 is 5.35. The summed E-state index contributed by atoms with van der Waals surface area (Å²) in [4.78, 5) is 1.44. The van der Waals surface area contributed by atoms with Crippen molar-refractivity contribution in [2.75, 3.05) is 0 Å². The zero-order chi connectivity index (χ0) is 11.4. The van der Waals surface area contributed by atoms with Crippen molar-refractivity contribution < 1.29 is 0 Å². The lowest BCUT2D eigenvalue weighted by Gasteiger charge is -2.29. The Hall–Kier alpha value is 0.140. The van der Waals surface area contributed by atoms with Crippen molar-refractivity contribution in [3.8, 4) is 0 Å². The Kier molecular flexibility index (Phi) is 4.86. The summed E-state index contributed by atoms with van der Waals surface area (Å²) in [7, 11) is 0. The molecule has 16 heavy (non-hydrogen) atoms. The zero-order valence-electron chi connectivity index (χ0n) is 9.84. The summed E-state index contributed by atoms with van der Waals surface area (Å²) in [6.07, 6.45) is 6.94. The first-order valence-electron chi connectivity index (χ1n) is 6.25. The van der Waals surface area contributed by atoms with Crippen LogP contribution in [-0.4, -0.2) is 6.04 Å². The Bertz CT molecular complexity index is 323. The molecule has 0 aromatic carbocycles. The van der Waals surface area contributed by atoms with Crippen LogP contribution in [0.3, 0.4) is 0 Å². The first-order valence-corrected chi connectivity index (χ1v) is 7.86. The maximum absolute atomic E-state index is 3.71. The van der Waals surface area contributed by atoms with E-state index >= 15 is 0 Å². The Morgan fingerprint density at radius 1 is 1.44 bits per heavy atom. The van der Waals surface area contributed by atoms with Gasteiger partial charge in [-0.25, -0.2) is 0 Å². The van der Waals surface area contributed by atoms with Gasteiger partial charge < -0.3 is 5.32 Å². The van der Waals surface area contributed by atoms with E-state index in [4.69, 9.17) is 0 Å². The summed E-state index contributed by atoms with van der Waals surface area (Å²) in [5.74, 6) is 0.960. The number of thiophene rings is 1. The second-order valence-electron chi connectivity index (χ2n) is 4.72. The van der Waals surface area contributed by atoms with E-state index in [1.54, 1.807) is 0 Å². The molecule has 1 aromatic heterocycles. The lowest BCUT2D eigenvalue weighted by Crippen LogP contribution is -2.33. The van der Waals surface area contributed by atoms with E-state index in [1.165, 1.54) is 40.8 Å². The van der Waals surface area contributed by atoms with Gasteiger partial charge in [0.1, 0.15) is 0 Å². The number of rotatable bonds is 4. The van der Waals surface area contributed by atoms with Crippen LogP contribution in [0.15, 0.2) is 15.9 Å². The van der Waals surface area contributed by atoms with E-state index in [1.807, 2.05) is 11.3 Å². The smallest absolute Gasteiger partial charge is 0.0701 e. The van der Waals surface area contributed by atoms with Gasteiger partial charge >= 0.3 is 0 Å². The molecule has 1 fully saturated rings. The second-order valence-corrected chi connectivity index (χ2v) is 7.27. The van der Waals surface area contributed by atoms with Crippen LogP contribution in [0.25, 0.3) is 0 Å². The number of hydrogen-bond donors (Lipinski definition) is 1. The average Bonchev–Trinajstić information content (AvgIpc) is 2.73. The minimum Gasteiger partial charge on any atom is -0.309 e. The van der Waals surface area contributed by atoms with Gasteiger partial charge in [-0.1, -0.05) is 26.2 Å². The fourth-order valence-corrected chi connectivity index (χ4v) is 3.97. The lowest BCUT2D eigenvalue weighted by molar-refractivity contribution is 0.279. The molecule has 1 N–H and O–H groups in total. The third-order valence-electron chi connectivity index (χ3n) is 3.55. The highest BCUT2D eigenvalue weighted by molar-refractivity contribution is 9.11. The molecular formula is C13H20BrNS. The van der Waals surface area contributed by atoms with E-state index in [0.29, 0.717) is 0 Å². The molecule has 0 aliphatic heterocycles. The highest BCUT2D eigenvalue weighted by atomic mass is 79.9. The summed E-state index contributed by atoms with van der Waals surface area (Å²) in [5.41, 5.74) is 0. The van der Waals surface area contributed by atoms with Gasteiger partial charge in [0.05, 0.1) is 3.79 Å². The van der Waals surface area contributed by atoms with E-state index < -0.39 is 0 Å². The van der Waals surface area contributed by atoms with E-state index in [2.05, 4.69) is 40.3 Å². The monoisotopic (exact) mass is 301 g/mol. The lowest BCUT2D eigenvalue weighted by atomic mass is 9.84. The topological polar surface area (TPSA) is 12.0 Å². The summed E-state index contributed by atoms with van der Waals surface area (Å²) in [5, 5.41) is 3.71. The quantitative estimate of drug-likeness (QED) is 0.859. The first-order chi connectivity index (χ1) is 7.78. The molecule has 1 nitrogen and oxygen atoms in total. The average molecular weight is 302 g/mol. The van der Waals surface area contributed by atoms with Crippen LogP contribution in [0.2, 0.25) is 0 Å². The van der Waals surface area contributed by atoms with E-state index in [0.717, 1.165) is 18.5 Å².